The minimum absolute atomic E-state index is 0.180. The van der Waals surface area contributed by atoms with E-state index in [1.165, 1.54) is 22.0 Å². The number of piperidine rings is 1. The largest absolute Gasteiger partial charge is 0.397 e. The number of anilines is 2. The van der Waals surface area contributed by atoms with Crippen LogP contribution in [0.1, 0.15) is 24.3 Å². The first-order chi connectivity index (χ1) is 11.4. The van der Waals surface area contributed by atoms with Crippen LogP contribution in [-0.4, -0.2) is 25.8 Å². The summed E-state index contributed by atoms with van der Waals surface area (Å²) in [7, 11) is -3.56. The molecule has 0 radical (unpaired) electrons. The van der Waals surface area contributed by atoms with E-state index in [0.29, 0.717) is 29.2 Å². The van der Waals surface area contributed by atoms with Crippen molar-refractivity contribution in [2.45, 2.75) is 23.7 Å². The molecule has 0 spiro atoms. The predicted molar refractivity (Wildman–Crippen MR) is 100 cm³/mol. The van der Waals surface area contributed by atoms with Gasteiger partial charge in [0.05, 0.1) is 16.3 Å². The summed E-state index contributed by atoms with van der Waals surface area (Å²) in [6.07, 6.45) is 1.63. The van der Waals surface area contributed by atoms with E-state index in [0.717, 1.165) is 12.8 Å². The van der Waals surface area contributed by atoms with E-state index in [-0.39, 0.29) is 10.6 Å². The molecule has 0 amide bonds. The molecule has 0 saturated carbocycles. The molecule has 1 saturated heterocycles. The van der Waals surface area contributed by atoms with E-state index in [1.807, 2.05) is 18.2 Å². The fraction of sp³-hybridized carbons (Fsp3) is 0.294. The smallest absolute Gasteiger partial charge is 0.243 e. The quantitative estimate of drug-likeness (QED) is 0.761. The van der Waals surface area contributed by atoms with Crippen molar-refractivity contribution in [1.29, 1.82) is 0 Å². The summed E-state index contributed by atoms with van der Waals surface area (Å²) < 4.78 is 27.7. The van der Waals surface area contributed by atoms with Gasteiger partial charge in [0.15, 0.2) is 0 Å². The molecule has 1 heterocycles. The molecule has 3 rings (SSSR count). The van der Waals surface area contributed by atoms with Crippen molar-refractivity contribution < 1.29 is 8.42 Å². The monoisotopic (exact) mass is 409 g/mol. The third-order valence-electron chi connectivity index (χ3n) is 4.50. The maximum Gasteiger partial charge on any atom is 0.243 e. The Balaban J connectivity index is 1.78. The number of hydrogen-bond acceptors (Lipinski definition) is 4. The molecule has 0 unspecified atom stereocenters. The van der Waals surface area contributed by atoms with Gasteiger partial charge < -0.3 is 11.5 Å². The Morgan fingerprint density at radius 1 is 1.04 bits per heavy atom. The summed E-state index contributed by atoms with van der Waals surface area (Å²) in [6, 6.07) is 13.2. The zero-order valence-corrected chi connectivity index (χ0v) is 15.6. The fourth-order valence-corrected chi connectivity index (χ4v) is 5.23. The minimum atomic E-state index is -3.56. The molecule has 0 bridgehead atoms. The van der Waals surface area contributed by atoms with Gasteiger partial charge in [0, 0.05) is 17.6 Å². The van der Waals surface area contributed by atoms with Crippen LogP contribution >= 0.6 is 15.9 Å². The summed E-state index contributed by atoms with van der Waals surface area (Å²) in [6.45, 7) is 1.01. The maximum atomic E-state index is 12.9. The van der Waals surface area contributed by atoms with Crippen molar-refractivity contribution in [2.75, 3.05) is 24.6 Å². The number of nitrogens with zero attached hydrogens (tertiary/aromatic N) is 1. The highest BCUT2D eigenvalue weighted by Gasteiger charge is 2.30. The molecule has 24 heavy (non-hydrogen) atoms. The van der Waals surface area contributed by atoms with E-state index in [1.54, 1.807) is 0 Å². The molecule has 5 nitrogen and oxygen atoms in total. The van der Waals surface area contributed by atoms with Gasteiger partial charge in [-0.15, -0.1) is 0 Å². The molecule has 2 aromatic rings. The van der Waals surface area contributed by atoms with Gasteiger partial charge >= 0.3 is 0 Å². The number of benzene rings is 2. The van der Waals surface area contributed by atoms with Crippen LogP contribution in [0.15, 0.2) is 51.8 Å². The van der Waals surface area contributed by atoms with E-state index in [2.05, 4.69) is 28.1 Å². The average molecular weight is 410 g/mol. The van der Waals surface area contributed by atoms with E-state index in [9.17, 15) is 8.42 Å². The molecule has 1 fully saturated rings. The predicted octanol–water partition coefficient (Wildman–Crippen LogP) is 3.18. The van der Waals surface area contributed by atoms with Crippen molar-refractivity contribution in [2.24, 2.45) is 0 Å². The normalized spacial score (nSPS) is 17.0. The highest BCUT2D eigenvalue weighted by Crippen LogP contribution is 2.34. The van der Waals surface area contributed by atoms with E-state index in [4.69, 9.17) is 11.5 Å². The molecule has 1 aliphatic rings. The van der Waals surface area contributed by atoms with Crippen LogP contribution in [0.2, 0.25) is 0 Å². The molecule has 4 N–H and O–H groups in total. The van der Waals surface area contributed by atoms with E-state index >= 15 is 0 Å². The number of nitrogens with two attached hydrogens (primary N) is 2. The fourth-order valence-electron chi connectivity index (χ4n) is 3.07. The molecule has 0 atom stereocenters. The molecule has 0 aliphatic carbocycles. The molecule has 7 heteroatoms. The lowest BCUT2D eigenvalue weighted by Gasteiger charge is -2.31. The van der Waals surface area contributed by atoms with Gasteiger partial charge in [-0.05, 0) is 52.4 Å². The number of sulfonamides is 1. The second-order valence-electron chi connectivity index (χ2n) is 6.00. The zero-order valence-electron chi connectivity index (χ0n) is 13.2. The number of nitrogen functional groups attached to an aromatic ring is 2. The van der Waals surface area contributed by atoms with Gasteiger partial charge in [-0.25, -0.2) is 8.42 Å². The highest BCUT2D eigenvalue weighted by molar-refractivity contribution is 9.10. The Labute approximate surface area is 150 Å². The SMILES string of the molecule is Nc1cc(S(=O)(=O)N2CCC(c3ccccc3)CC2)cc(Br)c1N. The first kappa shape index (κ1) is 17.3. The van der Waals surface area contributed by atoms with Crippen LogP contribution in [0.4, 0.5) is 11.4 Å². The summed E-state index contributed by atoms with van der Waals surface area (Å²) in [5.41, 5.74) is 13.5. The Morgan fingerprint density at radius 3 is 2.25 bits per heavy atom. The highest BCUT2D eigenvalue weighted by atomic mass is 79.9. The Morgan fingerprint density at radius 2 is 1.67 bits per heavy atom. The van der Waals surface area contributed by atoms with Crippen LogP contribution in [0.5, 0.6) is 0 Å². The van der Waals surface area contributed by atoms with Gasteiger partial charge in [-0.1, -0.05) is 30.3 Å². The van der Waals surface area contributed by atoms with Crippen molar-refractivity contribution in [1.82, 2.24) is 4.31 Å². The van der Waals surface area contributed by atoms with Crippen molar-refractivity contribution >= 4 is 37.3 Å². The first-order valence-electron chi connectivity index (χ1n) is 7.79. The van der Waals surface area contributed by atoms with Gasteiger partial charge in [0.25, 0.3) is 0 Å². The maximum absolute atomic E-state index is 12.9. The lowest BCUT2D eigenvalue weighted by Crippen LogP contribution is -2.37. The van der Waals surface area contributed by atoms with Gasteiger partial charge in [0.2, 0.25) is 10.0 Å². The Kier molecular flexibility index (Phi) is 4.85. The van der Waals surface area contributed by atoms with Crippen LogP contribution in [0.25, 0.3) is 0 Å². The second kappa shape index (κ2) is 6.74. The van der Waals surface area contributed by atoms with Crippen LogP contribution < -0.4 is 11.5 Å². The molecule has 1 aliphatic heterocycles. The first-order valence-corrected chi connectivity index (χ1v) is 10.0. The molecule has 0 aromatic heterocycles. The Hall–Kier alpha value is -1.57. The standard InChI is InChI=1S/C17H20BrN3O2S/c18-15-10-14(11-16(19)17(15)20)24(22,23)21-8-6-13(7-9-21)12-4-2-1-3-5-12/h1-5,10-11,13H,6-9,19-20H2. The third kappa shape index (κ3) is 3.29. The molecule has 2 aromatic carbocycles. The van der Waals surface area contributed by atoms with Crippen LogP contribution in [0.3, 0.4) is 0 Å². The number of halogens is 1. The van der Waals surface area contributed by atoms with Gasteiger partial charge in [-0.2, -0.15) is 4.31 Å². The topological polar surface area (TPSA) is 89.4 Å². The minimum Gasteiger partial charge on any atom is -0.397 e. The summed E-state index contributed by atoms with van der Waals surface area (Å²) in [5, 5.41) is 0. The van der Waals surface area contributed by atoms with Crippen molar-refractivity contribution in [3.05, 3.63) is 52.5 Å². The van der Waals surface area contributed by atoms with Gasteiger partial charge in [0.1, 0.15) is 0 Å². The molecular weight excluding hydrogens is 390 g/mol. The molecular formula is C17H20BrN3O2S. The summed E-state index contributed by atoms with van der Waals surface area (Å²) in [4.78, 5) is 0.180. The van der Waals surface area contributed by atoms with E-state index < -0.39 is 10.0 Å². The molecule has 128 valence electrons. The Bertz CT molecular complexity index is 809. The second-order valence-corrected chi connectivity index (χ2v) is 8.79. The van der Waals surface area contributed by atoms with Crippen LogP contribution in [0, 0.1) is 0 Å². The lowest BCUT2D eigenvalue weighted by molar-refractivity contribution is 0.319. The van der Waals surface area contributed by atoms with Crippen LogP contribution in [-0.2, 0) is 10.0 Å². The zero-order chi connectivity index (χ0) is 17.3. The average Bonchev–Trinajstić information content (AvgIpc) is 2.60. The number of rotatable bonds is 3. The summed E-state index contributed by atoms with van der Waals surface area (Å²) in [5.74, 6) is 0.404. The third-order valence-corrected chi connectivity index (χ3v) is 7.03. The van der Waals surface area contributed by atoms with Crippen molar-refractivity contribution in [3.8, 4) is 0 Å². The van der Waals surface area contributed by atoms with Gasteiger partial charge in [-0.3, -0.25) is 0 Å². The van der Waals surface area contributed by atoms with Crippen molar-refractivity contribution in [3.63, 3.8) is 0 Å². The lowest BCUT2D eigenvalue weighted by atomic mass is 9.90. The summed E-state index contributed by atoms with van der Waals surface area (Å²) >= 11 is 3.27. The number of hydrogen-bond donors (Lipinski definition) is 2.